The highest BCUT2D eigenvalue weighted by molar-refractivity contribution is 7.72. The smallest absolute Gasteiger partial charge is 0.256 e. The number of amides is 1. The molecule has 1 aromatic rings. The first-order valence-electron chi connectivity index (χ1n) is 5.61. The number of hydrogen-bond donors (Lipinski definition) is 1. The molecule has 0 unspecified atom stereocenters. The van der Waals surface area contributed by atoms with Crippen molar-refractivity contribution in [1.82, 2.24) is 0 Å². The summed E-state index contributed by atoms with van der Waals surface area (Å²) in [6, 6.07) is 7.30. The number of para-hydroxylation sites is 1. The van der Waals surface area contributed by atoms with Gasteiger partial charge in [0, 0.05) is 17.7 Å². The molecule has 2 heterocycles. The van der Waals surface area contributed by atoms with Crippen molar-refractivity contribution in [3.05, 3.63) is 47.7 Å². The molecule has 0 bridgehead atoms. The third kappa shape index (κ3) is 2.06. The van der Waals surface area contributed by atoms with Gasteiger partial charge >= 0.3 is 0 Å². The SMILES string of the molecule is O=C1Nc2ccccc2C1=CC1=CCC(=S(=O)=O)O1. The van der Waals surface area contributed by atoms with Crippen LogP contribution in [0.15, 0.2) is 42.2 Å². The summed E-state index contributed by atoms with van der Waals surface area (Å²) in [5.41, 5.74) is 2.00. The molecular formula is C13H9NO4S. The van der Waals surface area contributed by atoms with E-state index in [0.717, 1.165) is 11.3 Å². The van der Waals surface area contributed by atoms with E-state index in [4.69, 9.17) is 4.74 Å². The molecule has 19 heavy (non-hydrogen) atoms. The zero-order chi connectivity index (χ0) is 13.4. The van der Waals surface area contributed by atoms with E-state index in [1.165, 1.54) is 0 Å². The Kier molecular flexibility index (Phi) is 2.72. The highest BCUT2D eigenvalue weighted by Crippen LogP contribution is 2.32. The lowest BCUT2D eigenvalue weighted by Gasteiger charge is -1.99. The third-order valence-electron chi connectivity index (χ3n) is 2.88. The van der Waals surface area contributed by atoms with E-state index in [2.05, 4.69) is 5.32 Å². The second-order valence-corrected chi connectivity index (χ2v) is 5.00. The van der Waals surface area contributed by atoms with Crippen molar-refractivity contribution in [2.75, 3.05) is 5.32 Å². The van der Waals surface area contributed by atoms with Crippen molar-refractivity contribution in [1.29, 1.82) is 0 Å². The van der Waals surface area contributed by atoms with Gasteiger partial charge in [-0.2, -0.15) is 8.42 Å². The number of benzene rings is 1. The van der Waals surface area contributed by atoms with Crippen LogP contribution in [0.3, 0.4) is 0 Å². The maximum absolute atomic E-state index is 11.8. The van der Waals surface area contributed by atoms with Crippen LogP contribution in [0, 0.1) is 0 Å². The molecule has 0 saturated heterocycles. The normalized spacial score (nSPS) is 18.9. The lowest BCUT2D eigenvalue weighted by molar-refractivity contribution is -0.110. The monoisotopic (exact) mass is 275 g/mol. The van der Waals surface area contributed by atoms with Gasteiger partial charge in [0.15, 0.2) is 0 Å². The first-order valence-corrected chi connectivity index (χ1v) is 6.68. The van der Waals surface area contributed by atoms with E-state index in [0.29, 0.717) is 11.3 Å². The quantitative estimate of drug-likeness (QED) is 0.620. The number of hydrogen-bond acceptors (Lipinski definition) is 4. The lowest BCUT2D eigenvalue weighted by atomic mass is 10.1. The van der Waals surface area contributed by atoms with Gasteiger partial charge in [-0.05, 0) is 18.2 Å². The van der Waals surface area contributed by atoms with Crippen molar-refractivity contribution >= 4 is 32.5 Å². The van der Waals surface area contributed by atoms with E-state index in [9.17, 15) is 13.2 Å². The van der Waals surface area contributed by atoms with Gasteiger partial charge in [0.05, 0.1) is 5.57 Å². The summed E-state index contributed by atoms with van der Waals surface area (Å²) < 4.78 is 26.7. The van der Waals surface area contributed by atoms with Gasteiger partial charge in [0.25, 0.3) is 16.2 Å². The molecule has 0 saturated carbocycles. The molecule has 2 aliphatic rings. The summed E-state index contributed by atoms with van der Waals surface area (Å²) in [6.07, 6.45) is 3.41. The van der Waals surface area contributed by atoms with Crippen LogP contribution in [-0.4, -0.2) is 19.4 Å². The van der Waals surface area contributed by atoms with E-state index in [-0.39, 0.29) is 17.4 Å². The van der Waals surface area contributed by atoms with E-state index in [1.54, 1.807) is 12.2 Å². The van der Waals surface area contributed by atoms with Crippen molar-refractivity contribution in [3.8, 4) is 0 Å². The second kappa shape index (κ2) is 4.40. The summed E-state index contributed by atoms with van der Waals surface area (Å²) in [6.45, 7) is 0. The molecule has 1 aromatic carbocycles. The van der Waals surface area contributed by atoms with E-state index >= 15 is 0 Å². The first kappa shape index (κ1) is 11.7. The number of fused-ring (bicyclic) bond motifs is 1. The molecule has 96 valence electrons. The van der Waals surface area contributed by atoms with Gasteiger partial charge in [-0.25, -0.2) is 0 Å². The fourth-order valence-electron chi connectivity index (χ4n) is 2.01. The predicted octanol–water partition coefficient (Wildman–Crippen LogP) is 1.34. The minimum atomic E-state index is -2.36. The molecule has 1 N–H and O–H groups in total. The van der Waals surface area contributed by atoms with E-state index in [1.807, 2.05) is 24.3 Å². The molecule has 0 fully saturated rings. The van der Waals surface area contributed by atoms with Crippen LogP contribution >= 0.6 is 0 Å². The maximum Gasteiger partial charge on any atom is 0.256 e. The summed E-state index contributed by atoms with van der Waals surface area (Å²) in [7, 11) is -2.36. The van der Waals surface area contributed by atoms with Gasteiger partial charge < -0.3 is 10.1 Å². The fourth-order valence-corrected chi connectivity index (χ4v) is 2.40. The highest BCUT2D eigenvalue weighted by Gasteiger charge is 2.25. The number of carbonyl (C=O) groups is 1. The Bertz CT molecular complexity index is 764. The number of anilines is 1. The summed E-state index contributed by atoms with van der Waals surface area (Å²) in [5, 5.41) is 2.71. The molecule has 1 amide bonds. The Morgan fingerprint density at radius 3 is 2.79 bits per heavy atom. The molecule has 0 aromatic heterocycles. The predicted molar refractivity (Wildman–Crippen MR) is 70.8 cm³/mol. The lowest BCUT2D eigenvalue weighted by Crippen LogP contribution is -2.04. The Balaban J connectivity index is 1.98. The first-order chi connectivity index (χ1) is 9.15. The largest absolute Gasteiger partial charge is 0.445 e. The van der Waals surface area contributed by atoms with Crippen LogP contribution < -0.4 is 5.32 Å². The molecule has 3 rings (SSSR count). The van der Waals surface area contributed by atoms with Gasteiger partial charge in [-0.15, -0.1) is 0 Å². The van der Waals surface area contributed by atoms with Crippen molar-refractivity contribution < 1.29 is 17.9 Å². The molecule has 0 atom stereocenters. The highest BCUT2D eigenvalue weighted by atomic mass is 32.2. The Morgan fingerprint density at radius 2 is 2.05 bits per heavy atom. The molecule has 5 nitrogen and oxygen atoms in total. The summed E-state index contributed by atoms with van der Waals surface area (Å²) in [4.78, 5) is 11.8. The van der Waals surface area contributed by atoms with Crippen LogP contribution in [0.4, 0.5) is 5.69 Å². The molecule has 0 spiro atoms. The van der Waals surface area contributed by atoms with Crippen LogP contribution in [0.25, 0.3) is 5.57 Å². The Morgan fingerprint density at radius 1 is 1.26 bits per heavy atom. The Labute approximate surface area is 110 Å². The van der Waals surface area contributed by atoms with Crippen molar-refractivity contribution in [2.24, 2.45) is 0 Å². The minimum absolute atomic E-state index is 0.0291. The fraction of sp³-hybridized carbons (Fsp3) is 0.0769. The number of nitrogens with one attached hydrogen (secondary N) is 1. The molecule has 6 heteroatoms. The average molecular weight is 275 g/mol. The second-order valence-electron chi connectivity index (χ2n) is 4.08. The average Bonchev–Trinajstić information content (AvgIpc) is 2.96. The molecular weight excluding hydrogens is 266 g/mol. The van der Waals surface area contributed by atoms with Crippen LogP contribution in [0.5, 0.6) is 0 Å². The minimum Gasteiger partial charge on any atom is -0.445 e. The molecule has 0 radical (unpaired) electrons. The van der Waals surface area contributed by atoms with Gasteiger partial charge in [0.1, 0.15) is 5.76 Å². The zero-order valence-electron chi connectivity index (χ0n) is 9.71. The van der Waals surface area contributed by atoms with Crippen molar-refractivity contribution in [3.63, 3.8) is 0 Å². The zero-order valence-corrected chi connectivity index (χ0v) is 10.5. The van der Waals surface area contributed by atoms with E-state index < -0.39 is 10.3 Å². The van der Waals surface area contributed by atoms with Crippen molar-refractivity contribution in [2.45, 2.75) is 6.42 Å². The van der Waals surface area contributed by atoms with Crippen LogP contribution in [0.2, 0.25) is 0 Å². The van der Waals surface area contributed by atoms with Gasteiger partial charge in [0.2, 0.25) is 5.05 Å². The standard InChI is InChI=1S/C13H9NO4S/c15-13-10(9-3-1-2-4-11(9)14-13)7-8-5-6-12(18-8)19(16)17/h1-5,7H,6H2,(H,14,15). The van der Waals surface area contributed by atoms with Gasteiger partial charge in [-0.3, -0.25) is 4.79 Å². The summed E-state index contributed by atoms with van der Waals surface area (Å²) >= 11 is 0. The summed E-state index contributed by atoms with van der Waals surface area (Å²) in [5.74, 6) is 0.156. The Hall–Kier alpha value is -2.34. The van der Waals surface area contributed by atoms with Gasteiger partial charge in [-0.1, -0.05) is 18.2 Å². The molecule has 2 aliphatic heterocycles. The maximum atomic E-state index is 11.8. The number of allylic oxidation sites excluding steroid dienone is 1. The number of ether oxygens (including phenoxy) is 1. The van der Waals surface area contributed by atoms with Crippen LogP contribution in [-0.2, 0) is 19.8 Å². The number of rotatable bonds is 1. The molecule has 0 aliphatic carbocycles. The topological polar surface area (TPSA) is 72.5 Å². The third-order valence-corrected chi connectivity index (χ3v) is 3.51. The number of carbonyl (C=O) groups excluding carboxylic acids is 1. The van der Waals surface area contributed by atoms with Crippen LogP contribution in [0.1, 0.15) is 12.0 Å².